The van der Waals surface area contributed by atoms with Crippen LogP contribution in [0, 0.1) is 0 Å². The Balaban J connectivity index is 2.60. The zero-order chi connectivity index (χ0) is 11.4. The molecule has 0 spiro atoms. The summed E-state index contributed by atoms with van der Waals surface area (Å²) in [5.41, 5.74) is 0. The molecule has 15 heavy (non-hydrogen) atoms. The molecule has 0 saturated carbocycles. The Kier molecular flexibility index (Phi) is 4.65. The Morgan fingerprint density at radius 2 is 1.87 bits per heavy atom. The first-order valence-corrected chi connectivity index (χ1v) is 4.76. The molecule has 1 heterocycles. The molecule has 1 aliphatic heterocycles. The number of hydrogen-bond acceptors (Lipinski definition) is 6. The number of aliphatic hydroxyl groups is 4. The van der Waals surface area contributed by atoms with Crippen LogP contribution < -0.4 is 5.32 Å². The SMILES string of the molecule is C=CCN[C@@H]1O[C@H](CO)[C@@H](O)[C@H](O)[C@H]1O. The van der Waals surface area contributed by atoms with Crippen LogP contribution in [-0.4, -0.2) is 64.2 Å². The number of nitrogens with one attached hydrogen (secondary N) is 1. The highest BCUT2D eigenvalue weighted by molar-refractivity contribution is 4.91. The molecule has 0 aliphatic carbocycles. The number of aliphatic hydroxyl groups excluding tert-OH is 4. The van der Waals surface area contributed by atoms with E-state index < -0.39 is 37.3 Å². The van der Waals surface area contributed by atoms with Crippen molar-refractivity contribution in [1.82, 2.24) is 5.32 Å². The van der Waals surface area contributed by atoms with Crippen LogP contribution >= 0.6 is 0 Å². The van der Waals surface area contributed by atoms with Crippen LogP contribution in [0.5, 0.6) is 0 Å². The normalized spacial score (nSPS) is 41.5. The Bertz CT molecular complexity index is 211. The van der Waals surface area contributed by atoms with Gasteiger partial charge in [0.15, 0.2) is 0 Å². The Morgan fingerprint density at radius 1 is 1.20 bits per heavy atom. The standard InChI is InChI=1S/C9H17NO5/c1-2-3-10-9-8(14)7(13)6(12)5(4-11)15-9/h2,5-14H,1,3-4H2/t5-,6-,7+,8-,9-/m1/s1. The van der Waals surface area contributed by atoms with Crippen LogP contribution in [0.4, 0.5) is 0 Å². The van der Waals surface area contributed by atoms with Gasteiger partial charge in [-0.2, -0.15) is 0 Å². The lowest BCUT2D eigenvalue weighted by atomic mass is 9.98. The molecule has 88 valence electrons. The minimum absolute atomic E-state index is 0.392. The zero-order valence-corrected chi connectivity index (χ0v) is 8.28. The summed E-state index contributed by atoms with van der Waals surface area (Å²) in [7, 11) is 0. The van der Waals surface area contributed by atoms with E-state index in [0.717, 1.165) is 0 Å². The van der Waals surface area contributed by atoms with E-state index in [2.05, 4.69) is 11.9 Å². The van der Waals surface area contributed by atoms with Crippen molar-refractivity contribution in [3.63, 3.8) is 0 Å². The van der Waals surface area contributed by atoms with Crippen molar-refractivity contribution in [2.24, 2.45) is 0 Å². The molecule has 0 aromatic rings. The fraction of sp³-hybridized carbons (Fsp3) is 0.778. The summed E-state index contributed by atoms with van der Waals surface area (Å²) in [5, 5.41) is 40.0. The van der Waals surface area contributed by atoms with Gasteiger partial charge in [0.2, 0.25) is 0 Å². The van der Waals surface area contributed by atoms with E-state index in [1.54, 1.807) is 6.08 Å². The summed E-state index contributed by atoms with van der Waals surface area (Å²) in [6, 6.07) is 0. The van der Waals surface area contributed by atoms with Crippen LogP contribution in [0.2, 0.25) is 0 Å². The Labute approximate surface area is 87.8 Å². The van der Waals surface area contributed by atoms with Gasteiger partial charge < -0.3 is 25.2 Å². The lowest BCUT2D eigenvalue weighted by Crippen LogP contribution is -2.62. The summed E-state index contributed by atoms with van der Waals surface area (Å²) in [5.74, 6) is 0. The van der Waals surface area contributed by atoms with Gasteiger partial charge >= 0.3 is 0 Å². The molecule has 0 bridgehead atoms. The van der Waals surface area contributed by atoms with Gasteiger partial charge in [-0.05, 0) is 0 Å². The summed E-state index contributed by atoms with van der Waals surface area (Å²) in [6.07, 6.45) is -4.00. The highest BCUT2D eigenvalue weighted by Gasteiger charge is 2.42. The highest BCUT2D eigenvalue weighted by atomic mass is 16.6. The van der Waals surface area contributed by atoms with E-state index in [0.29, 0.717) is 6.54 Å². The summed E-state index contributed by atoms with van der Waals surface area (Å²) >= 11 is 0. The maximum atomic E-state index is 9.53. The second-order valence-corrected chi connectivity index (χ2v) is 3.45. The molecule has 6 heteroatoms. The van der Waals surface area contributed by atoms with Crippen molar-refractivity contribution in [3.05, 3.63) is 12.7 Å². The third kappa shape index (κ3) is 2.75. The highest BCUT2D eigenvalue weighted by Crippen LogP contribution is 2.19. The van der Waals surface area contributed by atoms with Gasteiger partial charge in [0.05, 0.1) is 6.61 Å². The quantitative estimate of drug-likeness (QED) is 0.337. The second-order valence-electron chi connectivity index (χ2n) is 3.45. The van der Waals surface area contributed by atoms with E-state index in [1.165, 1.54) is 0 Å². The van der Waals surface area contributed by atoms with Crippen LogP contribution in [0.1, 0.15) is 0 Å². The lowest BCUT2D eigenvalue weighted by molar-refractivity contribution is -0.235. The predicted molar refractivity (Wildman–Crippen MR) is 52.0 cm³/mol. The van der Waals surface area contributed by atoms with E-state index in [9.17, 15) is 15.3 Å². The smallest absolute Gasteiger partial charge is 0.137 e. The van der Waals surface area contributed by atoms with Crippen LogP contribution in [-0.2, 0) is 4.74 Å². The topological polar surface area (TPSA) is 102 Å². The zero-order valence-electron chi connectivity index (χ0n) is 8.28. The maximum absolute atomic E-state index is 9.53. The Morgan fingerprint density at radius 3 is 2.40 bits per heavy atom. The van der Waals surface area contributed by atoms with Gasteiger partial charge in [0.25, 0.3) is 0 Å². The summed E-state index contributed by atoms with van der Waals surface area (Å²) in [4.78, 5) is 0. The average molecular weight is 219 g/mol. The van der Waals surface area contributed by atoms with Crippen LogP contribution in [0.3, 0.4) is 0 Å². The number of rotatable bonds is 4. The monoisotopic (exact) mass is 219 g/mol. The fourth-order valence-corrected chi connectivity index (χ4v) is 1.47. The molecule has 0 aromatic heterocycles. The van der Waals surface area contributed by atoms with Gasteiger partial charge in [0, 0.05) is 6.54 Å². The van der Waals surface area contributed by atoms with Crippen molar-refractivity contribution in [2.75, 3.05) is 13.2 Å². The molecule has 0 radical (unpaired) electrons. The first kappa shape index (κ1) is 12.6. The molecule has 5 N–H and O–H groups in total. The first-order valence-electron chi connectivity index (χ1n) is 4.76. The molecular weight excluding hydrogens is 202 g/mol. The first-order chi connectivity index (χ1) is 7.11. The molecule has 1 saturated heterocycles. The van der Waals surface area contributed by atoms with Crippen LogP contribution in [0.15, 0.2) is 12.7 Å². The van der Waals surface area contributed by atoms with Gasteiger partial charge in [-0.25, -0.2) is 0 Å². The van der Waals surface area contributed by atoms with E-state index in [1.807, 2.05) is 0 Å². The second kappa shape index (κ2) is 5.55. The van der Waals surface area contributed by atoms with Gasteiger partial charge in [-0.1, -0.05) is 6.08 Å². The molecule has 1 aliphatic rings. The van der Waals surface area contributed by atoms with E-state index in [4.69, 9.17) is 9.84 Å². The number of ether oxygens (including phenoxy) is 1. The van der Waals surface area contributed by atoms with Crippen molar-refractivity contribution < 1.29 is 25.2 Å². The predicted octanol–water partition coefficient (Wildman–Crippen LogP) is -2.44. The van der Waals surface area contributed by atoms with Gasteiger partial charge in [0.1, 0.15) is 30.6 Å². The van der Waals surface area contributed by atoms with Gasteiger partial charge in [-0.3, -0.25) is 5.32 Å². The molecule has 0 aromatic carbocycles. The van der Waals surface area contributed by atoms with Crippen molar-refractivity contribution in [1.29, 1.82) is 0 Å². The lowest BCUT2D eigenvalue weighted by Gasteiger charge is -2.40. The van der Waals surface area contributed by atoms with Crippen LogP contribution in [0.25, 0.3) is 0 Å². The molecule has 0 amide bonds. The van der Waals surface area contributed by atoms with Gasteiger partial charge in [-0.15, -0.1) is 6.58 Å². The van der Waals surface area contributed by atoms with Crippen molar-refractivity contribution >= 4 is 0 Å². The third-order valence-corrected chi connectivity index (χ3v) is 2.36. The molecule has 1 rings (SSSR count). The van der Waals surface area contributed by atoms with Crippen molar-refractivity contribution in [3.8, 4) is 0 Å². The number of hydrogen-bond donors (Lipinski definition) is 5. The fourth-order valence-electron chi connectivity index (χ4n) is 1.47. The third-order valence-electron chi connectivity index (χ3n) is 2.36. The summed E-state index contributed by atoms with van der Waals surface area (Å²) < 4.78 is 5.16. The Hall–Kier alpha value is -0.500. The minimum Gasteiger partial charge on any atom is -0.394 e. The molecule has 5 atom stereocenters. The molecule has 1 fully saturated rings. The molecular formula is C9H17NO5. The maximum Gasteiger partial charge on any atom is 0.137 e. The molecule has 0 unspecified atom stereocenters. The summed E-state index contributed by atoms with van der Waals surface area (Å²) in [6.45, 7) is 3.45. The minimum atomic E-state index is -1.33. The average Bonchev–Trinajstić information content (AvgIpc) is 2.25. The van der Waals surface area contributed by atoms with Crippen molar-refractivity contribution in [2.45, 2.75) is 30.6 Å². The largest absolute Gasteiger partial charge is 0.394 e. The molecule has 6 nitrogen and oxygen atoms in total. The van der Waals surface area contributed by atoms with E-state index in [-0.39, 0.29) is 0 Å². The van der Waals surface area contributed by atoms with E-state index >= 15 is 0 Å².